The summed E-state index contributed by atoms with van der Waals surface area (Å²) in [5.41, 5.74) is 0. The van der Waals surface area contributed by atoms with Crippen LogP contribution in [0.5, 0.6) is 0 Å². The van der Waals surface area contributed by atoms with Crippen molar-refractivity contribution in [1.82, 2.24) is 0 Å². The van der Waals surface area contributed by atoms with E-state index in [1.54, 1.807) is 0 Å². The van der Waals surface area contributed by atoms with Crippen LogP contribution in [0, 0.1) is 5.92 Å². The molecule has 0 nitrogen and oxygen atoms in total. The van der Waals surface area contributed by atoms with Crippen LogP contribution in [-0.4, -0.2) is 4.43 Å². The molecule has 0 saturated heterocycles. The molecular formula is C11H21I. The topological polar surface area (TPSA) is 0 Å². The van der Waals surface area contributed by atoms with Crippen LogP contribution < -0.4 is 0 Å². The van der Waals surface area contributed by atoms with Crippen LogP contribution in [-0.2, 0) is 0 Å². The molecule has 0 unspecified atom stereocenters. The fourth-order valence-electron chi connectivity index (χ4n) is 2.16. The molecule has 0 aliphatic heterocycles. The summed E-state index contributed by atoms with van der Waals surface area (Å²) < 4.78 is 1.36. The van der Waals surface area contributed by atoms with E-state index < -0.39 is 0 Å². The minimum atomic E-state index is 1.07. The second-order valence-electron chi connectivity index (χ2n) is 4.04. The second-order valence-corrected chi connectivity index (χ2v) is 5.12. The second kappa shape index (κ2) is 7.16. The van der Waals surface area contributed by atoms with Gasteiger partial charge in [0.1, 0.15) is 0 Å². The first kappa shape index (κ1) is 10.8. The summed E-state index contributed by atoms with van der Waals surface area (Å²) in [5.74, 6) is 1.07. The summed E-state index contributed by atoms with van der Waals surface area (Å²) in [6.45, 7) is 0. The third-order valence-electron chi connectivity index (χ3n) is 2.99. The van der Waals surface area contributed by atoms with Crippen molar-refractivity contribution in [3.8, 4) is 0 Å². The normalized spacial score (nSPS) is 22.8. The van der Waals surface area contributed by atoms with E-state index in [1.807, 2.05) is 0 Å². The SMILES string of the molecule is ICCC1CCCCCCCC1. The monoisotopic (exact) mass is 280 g/mol. The Bertz CT molecular complexity index is 91.2. The van der Waals surface area contributed by atoms with Crippen LogP contribution in [0.1, 0.15) is 57.8 Å². The van der Waals surface area contributed by atoms with Gasteiger partial charge in [-0.25, -0.2) is 0 Å². The van der Waals surface area contributed by atoms with Crippen LogP contribution >= 0.6 is 22.6 Å². The number of hydrogen-bond acceptors (Lipinski definition) is 0. The van der Waals surface area contributed by atoms with E-state index in [-0.39, 0.29) is 0 Å². The number of rotatable bonds is 2. The molecule has 1 heteroatoms. The van der Waals surface area contributed by atoms with Gasteiger partial charge in [0.15, 0.2) is 0 Å². The summed E-state index contributed by atoms with van der Waals surface area (Å²) >= 11 is 2.52. The zero-order valence-electron chi connectivity index (χ0n) is 8.03. The number of alkyl halides is 1. The van der Waals surface area contributed by atoms with Crippen molar-refractivity contribution < 1.29 is 0 Å². The fourth-order valence-corrected chi connectivity index (χ4v) is 3.04. The van der Waals surface area contributed by atoms with Gasteiger partial charge < -0.3 is 0 Å². The molecule has 0 aromatic heterocycles. The number of halogens is 1. The van der Waals surface area contributed by atoms with E-state index in [1.165, 1.54) is 62.2 Å². The van der Waals surface area contributed by atoms with Crippen molar-refractivity contribution in [2.45, 2.75) is 57.8 Å². The Balaban J connectivity index is 2.19. The Morgan fingerprint density at radius 2 is 1.33 bits per heavy atom. The molecule has 1 aliphatic carbocycles. The Morgan fingerprint density at radius 1 is 0.833 bits per heavy atom. The third-order valence-corrected chi connectivity index (χ3v) is 3.61. The quantitative estimate of drug-likeness (QED) is 0.513. The number of hydrogen-bond donors (Lipinski definition) is 0. The summed E-state index contributed by atoms with van der Waals surface area (Å²) in [4.78, 5) is 0. The molecule has 0 radical (unpaired) electrons. The Morgan fingerprint density at radius 3 is 1.83 bits per heavy atom. The van der Waals surface area contributed by atoms with Crippen LogP contribution in [0.4, 0.5) is 0 Å². The highest BCUT2D eigenvalue weighted by Gasteiger charge is 2.09. The predicted molar refractivity (Wildman–Crippen MR) is 63.9 cm³/mol. The average molecular weight is 280 g/mol. The van der Waals surface area contributed by atoms with E-state index in [2.05, 4.69) is 22.6 Å². The molecule has 0 amide bonds. The standard InChI is InChI=1S/C11H21I/c12-10-9-11-7-5-3-1-2-4-6-8-11/h11H,1-10H2. The fraction of sp³-hybridized carbons (Fsp3) is 1.00. The summed E-state index contributed by atoms with van der Waals surface area (Å²) in [5, 5.41) is 0. The van der Waals surface area contributed by atoms with Gasteiger partial charge in [-0.05, 0) is 16.8 Å². The lowest BCUT2D eigenvalue weighted by molar-refractivity contribution is 0.420. The molecule has 0 bridgehead atoms. The molecule has 0 spiro atoms. The Kier molecular flexibility index (Phi) is 6.45. The first-order valence-corrected chi connectivity index (χ1v) is 7.02. The predicted octanol–water partition coefficient (Wildman–Crippen LogP) is 4.56. The summed E-state index contributed by atoms with van der Waals surface area (Å²) in [6.07, 6.45) is 13.5. The van der Waals surface area contributed by atoms with Crippen LogP contribution in [0.25, 0.3) is 0 Å². The molecule has 12 heavy (non-hydrogen) atoms. The van der Waals surface area contributed by atoms with Crippen molar-refractivity contribution in [2.75, 3.05) is 4.43 Å². The maximum absolute atomic E-state index is 2.52. The van der Waals surface area contributed by atoms with Crippen molar-refractivity contribution in [1.29, 1.82) is 0 Å². The molecule has 1 aliphatic rings. The lowest BCUT2D eigenvalue weighted by atomic mass is 9.95. The first-order chi connectivity index (χ1) is 5.93. The van der Waals surface area contributed by atoms with Gasteiger partial charge in [-0.1, -0.05) is 74.0 Å². The van der Waals surface area contributed by atoms with Gasteiger partial charge >= 0.3 is 0 Å². The van der Waals surface area contributed by atoms with Crippen LogP contribution in [0.15, 0.2) is 0 Å². The van der Waals surface area contributed by atoms with Crippen molar-refractivity contribution in [2.24, 2.45) is 5.92 Å². The van der Waals surface area contributed by atoms with E-state index in [0.717, 1.165) is 5.92 Å². The molecule has 0 heterocycles. The summed E-state index contributed by atoms with van der Waals surface area (Å²) in [7, 11) is 0. The maximum atomic E-state index is 2.52. The highest BCUT2D eigenvalue weighted by atomic mass is 127. The van der Waals surface area contributed by atoms with Crippen LogP contribution in [0.3, 0.4) is 0 Å². The molecule has 1 rings (SSSR count). The highest BCUT2D eigenvalue weighted by molar-refractivity contribution is 14.1. The molecule has 72 valence electrons. The molecule has 0 aromatic carbocycles. The Hall–Kier alpha value is 0.730. The van der Waals surface area contributed by atoms with Crippen LogP contribution in [0.2, 0.25) is 0 Å². The molecule has 1 fully saturated rings. The van der Waals surface area contributed by atoms with Gasteiger partial charge in [0.05, 0.1) is 0 Å². The Labute approximate surface area is 90.6 Å². The average Bonchev–Trinajstić information content (AvgIpc) is 2.19. The van der Waals surface area contributed by atoms with Gasteiger partial charge in [-0.3, -0.25) is 0 Å². The van der Waals surface area contributed by atoms with E-state index in [0.29, 0.717) is 0 Å². The third kappa shape index (κ3) is 4.68. The first-order valence-electron chi connectivity index (χ1n) is 5.49. The lowest BCUT2D eigenvalue weighted by Gasteiger charge is -2.13. The maximum Gasteiger partial charge on any atom is -0.000209 e. The van der Waals surface area contributed by atoms with Gasteiger partial charge in [-0.15, -0.1) is 0 Å². The molecule has 0 aromatic rings. The molecular weight excluding hydrogens is 259 g/mol. The largest absolute Gasteiger partial charge is 0.0864 e. The van der Waals surface area contributed by atoms with E-state index >= 15 is 0 Å². The molecule has 1 saturated carbocycles. The zero-order chi connectivity index (χ0) is 8.65. The molecule has 0 atom stereocenters. The lowest BCUT2D eigenvalue weighted by Crippen LogP contribution is -2.00. The van der Waals surface area contributed by atoms with Gasteiger partial charge in [-0.2, -0.15) is 0 Å². The minimum Gasteiger partial charge on any atom is -0.0864 e. The zero-order valence-corrected chi connectivity index (χ0v) is 10.2. The van der Waals surface area contributed by atoms with Gasteiger partial charge in [0, 0.05) is 0 Å². The van der Waals surface area contributed by atoms with E-state index in [4.69, 9.17) is 0 Å². The molecule has 0 N–H and O–H groups in total. The highest BCUT2D eigenvalue weighted by Crippen LogP contribution is 2.24. The van der Waals surface area contributed by atoms with Crippen molar-refractivity contribution in [3.63, 3.8) is 0 Å². The van der Waals surface area contributed by atoms with E-state index in [9.17, 15) is 0 Å². The van der Waals surface area contributed by atoms with Crippen molar-refractivity contribution in [3.05, 3.63) is 0 Å². The van der Waals surface area contributed by atoms with Crippen molar-refractivity contribution >= 4 is 22.6 Å². The van der Waals surface area contributed by atoms with Gasteiger partial charge in [0.2, 0.25) is 0 Å². The minimum absolute atomic E-state index is 1.07. The summed E-state index contributed by atoms with van der Waals surface area (Å²) in [6, 6.07) is 0. The van der Waals surface area contributed by atoms with Gasteiger partial charge in [0.25, 0.3) is 0 Å². The smallest absolute Gasteiger partial charge is 0.000209 e.